The van der Waals surface area contributed by atoms with Gasteiger partial charge >= 0.3 is 0 Å². The number of rotatable bonds is 7. The highest BCUT2D eigenvalue weighted by atomic mass is 16.5. The molecule has 0 saturated heterocycles. The molecule has 0 saturated carbocycles. The van der Waals surface area contributed by atoms with Crippen molar-refractivity contribution in [3.63, 3.8) is 0 Å². The molecule has 2 aromatic rings. The van der Waals surface area contributed by atoms with Crippen molar-refractivity contribution in [3.8, 4) is 11.6 Å². The van der Waals surface area contributed by atoms with E-state index in [0.717, 1.165) is 30.0 Å². The fraction of sp³-hybridized carbons (Fsp3) is 0.353. The molecule has 4 heteroatoms. The van der Waals surface area contributed by atoms with E-state index in [-0.39, 0.29) is 0 Å². The number of benzene rings is 1. The van der Waals surface area contributed by atoms with Gasteiger partial charge in [0.2, 0.25) is 5.88 Å². The van der Waals surface area contributed by atoms with Crippen molar-refractivity contribution in [2.45, 2.75) is 20.4 Å². The van der Waals surface area contributed by atoms with E-state index < -0.39 is 0 Å². The topological polar surface area (TPSA) is 43.4 Å². The van der Waals surface area contributed by atoms with Crippen molar-refractivity contribution in [3.05, 3.63) is 53.2 Å². The minimum absolute atomic E-state index is 0.615. The van der Waals surface area contributed by atoms with Crippen LogP contribution in [0.1, 0.15) is 16.7 Å². The first-order valence-corrected chi connectivity index (χ1v) is 7.09. The summed E-state index contributed by atoms with van der Waals surface area (Å²) < 4.78 is 10.8. The van der Waals surface area contributed by atoms with Gasteiger partial charge in [0.25, 0.3) is 0 Å². The summed E-state index contributed by atoms with van der Waals surface area (Å²) in [7, 11) is 1.70. The van der Waals surface area contributed by atoms with Gasteiger partial charge in [-0.25, -0.2) is 4.98 Å². The van der Waals surface area contributed by atoms with Crippen LogP contribution in [0.15, 0.2) is 36.5 Å². The van der Waals surface area contributed by atoms with E-state index >= 15 is 0 Å². The third-order valence-corrected chi connectivity index (χ3v) is 3.17. The Balaban J connectivity index is 1.94. The highest BCUT2D eigenvalue weighted by Crippen LogP contribution is 2.24. The average molecular weight is 286 g/mol. The van der Waals surface area contributed by atoms with Crippen molar-refractivity contribution in [1.82, 2.24) is 10.3 Å². The monoisotopic (exact) mass is 286 g/mol. The number of ether oxygens (including phenoxy) is 2. The SMILES string of the molecule is COCCNCc1ccc(Oc2cc(C)ccc2C)nc1. The molecule has 0 aliphatic carbocycles. The lowest BCUT2D eigenvalue weighted by Crippen LogP contribution is -2.18. The molecule has 2 rings (SSSR count). The molecule has 0 unspecified atom stereocenters. The van der Waals surface area contributed by atoms with Crippen LogP contribution in [-0.4, -0.2) is 25.2 Å². The van der Waals surface area contributed by atoms with E-state index in [1.54, 1.807) is 7.11 Å². The van der Waals surface area contributed by atoms with Gasteiger partial charge in [0.15, 0.2) is 0 Å². The van der Waals surface area contributed by atoms with E-state index in [1.165, 1.54) is 5.56 Å². The molecule has 1 heterocycles. The van der Waals surface area contributed by atoms with Gasteiger partial charge in [0.1, 0.15) is 5.75 Å². The molecule has 0 bridgehead atoms. The Morgan fingerprint density at radius 2 is 2.00 bits per heavy atom. The summed E-state index contributed by atoms with van der Waals surface area (Å²) in [6.07, 6.45) is 1.83. The minimum Gasteiger partial charge on any atom is -0.439 e. The maximum Gasteiger partial charge on any atom is 0.219 e. The molecule has 1 aromatic carbocycles. The Morgan fingerprint density at radius 3 is 2.71 bits per heavy atom. The second kappa shape index (κ2) is 7.76. The van der Waals surface area contributed by atoms with Crippen molar-refractivity contribution in [2.24, 2.45) is 0 Å². The first-order valence-electron chi connectivity index (χ1n) is 7.09. The van der Waals surface area contributed by atoms with Crippen LogP contribution in [0, 0.1) is 13.8 Å². The molecular weight excluding hydrogens is 264 g/mol. The molecule has 0 aliphatic rings. The number of aryl methyl sites for hydroxylation is 2. The molecule has 0 radical (unpaired) electrons. The van der Waals surface area contributed by atoms with Gasteiger partial charge in [-0.3, -0.25) is 0 Å². The number of hydrogen-bond acceptors (Lipinski definition) is 4. The molecular formula is C17H22N2O2. The van der Waals surface area contributed by atoms with Crippen LogP contribution in [0.2, 0.25) is 0 Å². The van der Waals surface area contributed by atoms with E-state index in [9.17, 15) is 0 Å². The standard InChI is InChI=1S/C17H22N2O2/c1-13-4-5-14(2)16(10-13)21-17-7-6-15(12-19-17)11-18-8-9-20-3/h4-7,10,12,18H,8-9,11H2,1-3H3. The number of aromatic nitrogens is 1. The van der Waals surface area contributed by atoms with Crippen LogP contribution < -0.4 is 10.1 Å². The molecule has 1 aromatic heterocycles. The highest BCUT2D eigenvalue weighted by Gasteiger charge is 2.03. The average Bonchev–Trinajstić information content (AvgIpc) is 2.49. The van der Waals surface area contributed by atoms with E-state index in [2.05, 4.69) is 29.4 Å². The van der Waals surface area contributed by atoms with Crippen molar-refractivity contribution in [2.75, 3.05) is 20.3 Å². The predicted molar refractivity (Wildman–Crippen MR) is 83.8 cm³/mol. The number of nitrogens with one attached hydrogen (secondary N) is 1. The summed E-state index contributed by atoms with van der Waals surface area (Å²) in [6, 6.07) is 10.1. The number of methoxy groups -OCH3 is 1. The van der Waals surface area contributed by atoms with Gasteiger partial charge in [0, 0.05) is 32.5 Å². The zero-order chi connectivity index (χ0) is 15.1. The lowest BCUT2D eigenvalue weighted by molar-refractivity contribution is 0.199. The second-order valence-electron chi connectivity index (χ2n) is 5.05. The lowest BCUT2D eigenvalue weighted by Gasteiger charge is -2.09. The predicted octanol–water partition coefficient (Wildman–Crippen LogP) is 3.23. The molecule has 0 aliphatic heterocycles. The molecule has 0 amide bonds. The number of nitrogens with zero attached hydrogens (tertiary/aromatic N) is 1. The van der Waals surface area contributed by atoms with Gasteiger partial charge in [-0.15, -0.1) is 0 Å². The maximum absolute atomic E-state index is 5.84. The van der Waals surface area contributed by atoms with Crippen LogP contribution in [0.5, 0.6) is 11.6 Å². The summed E-state index contributed by atoms with van der Waals surface area (Å²) >= 11 is 0. The van der Waals surface area contributed by atoms with Gasteiger partial charge in [-0.05, 0) is 36.6 Å². The quantitative estimate of drug-likeness (QED) is 0.794. The highest BCUT2D eigenvalue weighted by molar-refractivity contribution is 5.38. The van der Waals surface area contributed by atoms with Crippen LogP contribution in [0.25, 0.3) is 0 Å². The summed E-state index contributed by atoms with van der Waals surface area (Å²) in [5.41, 5.74) is 3.40. The smallest absolute Gasteiger partial charge is 0.219 e. The van der Waals surface area contributed by atoms with Crippen LogP contribution in [0.4, 0.5) is 0 Å². The van der Waals surface area contributed by atoms with Gasteiger partial charge in [-0.2, -0.15) is 0 Å². The zero-order valence-electron chi connectivity index (χ0n) is 12.8. The van der Waals surface area contributed by atoms with Crippen molar-refractivity contribution < 1.29 is 9.47 Å². The van der Waals surface area contributed by atoms with Gasteiger partial charge in [-0.1, -0.05) is 18.2 Å². The molecule has 1 N–H and O–H groups in total. The van der Waals surface area contributed by atoms with Crippen molar-refractivity contribution >= 4 is 0 Å². The number of pyridine rings is 1. The Labute approximate surface area is 126 Å². The first-order chi connectivity index (χ1) is 10.2. The molecule has 21 heavy (non-hydrogen) atoms. The summed E-state index contributed by atoms with van der Waals surface area (Å²) in [6.45, 7) is 6.40. The van der Waals surface area contributed by atoms with E-state index in [0.29, 0.717) is 12.5 Å². The van der Waals surface area contributed by atoms with Crippen molar-refractivity contribution in [1.29, 1.82) is 0 Å². The summed E-state index contributed by atoms with van der Waals surface area (Å²) in [5.74, 6) is 1.47. The largest absolute Gasteiger partial charge is 0.439 e. The Morgan fingerprint density at radius 1 is 1.14 bits per heavy atom. The summed E-state index contributed by atoms with van der Waals surface area (Å²) in [5, 5.41) is 3.28. The van der Waals surface area contributed by atoms with E-state index in [4.69, 9.17) is 9.47 Å². The molecule has 112 valence electrons. The fourth-order valence-electron chi connectivity index (χ4n) is 1.91. The van der Waals surface area contributed by atoms with Crippen LogP contribution in [0.3, 0.4) is 0 Å². The van der Waals surface area contributed by atoms with E-state index in [1.807, 2.05) is 31.3 Å². The normalized spacial score (nSPS) is 10.6. The third kappa shape index (κ3) is 4.85. The Kier molecular flexibility index (Phi) is 5.72. The third-order valence-electron chi connectivity index (χ3n) is 3.17. The Hall–Kier alpha value is -1.91. The van der Waals surface area contributed by atoms with Gasteiger partial charge < -0.3 is 14.8 Å². The molecule has 0 fully saturated rings. The maximum atomic E-state index is 5.84. The minimum atomic E-state index is 0.615. The van der Waals surface area contributed by atoms with Gasteiger partial charge in [0.05, 0.1) is 6.61 Å². The zero-order valence-corrected chi connectivity index (χ0v) is 12.8. The molecule has 0 atom stereocenters. The first kappa shape index (κ1) is 15.5. The lowest BCUT2D eigenvalue weighted by atomic mass is 10.1. The Bertz CT molecular complexity index is 568. The molecule has 4 nitrogen and oxygen atoms in total. The summed E-state index contributed by atoms with van der Waals surface area (Å²) in [4.78, 5) is 4.35. The number of hydrogen-bond donors (Lipinski definition) is 1. The second-order valence-corrected chi connectivity index (χ2v) is 5.05. The fourth-order valence-corrected chi connectivity index (χ4v) is 1.91. The van der Waals surface area contributed by atoms with Crippen LogP contribution >= 0.6 is 0 Å². The molecule has 0 spiro atoms. The van der Waals surface area contributed by atoms with Crippen LogP contribution in [-0.2, 0) is 11.3 Å².